The number of nitrogens with one attached hydrogen (secondary N) is 1. The number of carbonyl (C=O) groups excluding carboxylic acids is 1. The van der Waals surface area contributed by atoms with Gasteiger partial charge in [0, 0.05) is 0 Å². The van der Waals surface area contributed by atoms with Crippen LogP contribution in [0.3, 0.4) is 0 Å². The highest BCUT2D eigenvalue weighted by Crippen LogP contribution is 2.32. The van der Waals surface area contributed by atoms with Gasteiger partial charge in [-0.05, 0) is 50.1 Å². The molecule has 0 saturated heterocycles. The van der Waals surface area contributed by atoms with E-state index < -0.39 is 5.82 Å². The van der Waals surface area contributed by atoms with Crippen molar-refractivity contribution in [1.29, 1.82) is 0 Å². The van der Waals surface area contributed by atoms with Gasteiger partial charge < -0.3 is 11.1 Å². The molecule has 0 unspecified atom stereocenters. The third-order valence-electron chi connectivity index (χ3n) is 2.41. The summed E-state index contributed by atoms with van der Waals surface area (Å²) in [4.78, 5) is 12.1. The fraction of sp³-hybridized carbons (Fsp3) is 0. The summed E-state index contributed by atoms with van der Waals surface area (Å²) in [6, 6.07) is 5.93. The second kappa shape index (κ2) is 6.30. The molecule has 1 amide bonds. The molecular formula is C12H7Br2FN2OS2. The van der Waals surface area contributed by atoms with Gasteiger partial charge in [-0.25, -0.2) is 4.39 Å². The number of hydrogen-bond donors (Lipinski definition) is 2. The van der Waals surface area contributed by atoms with Crippen molar-refractivity contribution < 1.29 is 9.18 Å². The Balaban J connectivity index is 2.36. The predicted molar refractivity (Wildman–Crippen MR) is 90.0 cm³/mol. The molecule has 0 aliphatic carbocycles. The Morgan fingerprint density at radius 1 is 1.40 bits per heavy atom. The van der Waals surface area contributed by atoms with Crippen molar-refractivity contribution in [2.45, 2.75) is 0 Å². The average Bonchev–Trinajstić information content (AvgIpc) is 2.68. The van der Waals surface area contributed by atoms with Gasteiger partial charge in [-0.15, -0.1) is 11.3 Å². The summed E-state index contributed by atoms with van der Waals surface area (Å²) in [5.41, 5.74) is 6.21. The highest BCUT2D eigenvalue weighted by atomic mass is 79.9. The Kier molecular flexibility index (Phi) is 4.90. The van der Waals surface area contributed by atoms with E-state index in [4.69, 9.17) is 18.0 Å². The number of rotatable bonds is 3. The monoisotopic (exact) mass is 436 g/mol. The third-order valence-corrected chi connectivity index (χ3v) is 4.95. The van der Waals surface area contributed by atoms with Crippen LogP contribution in [0, 0.1) is 5.82 Å². The largest absolute Gasteiger partial charge is 0.389 e. The third kappa shape index (κ3) is 3.25. The lowest BCUT2D eigenvalue weighted by molar-refractivity contribution is 0.102. The molecule has 1 aromatic carbocycles. The van der Waals surface area contributed by atoms with Gasteiger partial charge in [0.15, 0.2) is 0 Å². The van der Waals surface area contributed by atoms with Gasteiger partial charge in [0.1, 0.15) is 10.8 Å². The summed E-state index contributed by atoms with van der Waals surface area (Å²) in [6.07, 6.45) is 0. The first kappa shape index (κ1) is 15.6. The standard InChI is InChI=1S/C12H7Br2FN2OS2/c13-8-4-5(10(14)20-8)12(18)17-7-3-1-2-6(15)9(7)11(16)19/h1-4H,(H2,16,19)(H,17,18). The molecule has 1 heterocycles. The molecule has 2 rings (SSSR count). The van der Waals surface area contributed by atoms with Crippen molar-refractivity contribution in [3.05, 3.63) is 48.8 Å². The molecule has 1 aromatic heterocycles. The number of halogens is 3. The zero-order valence-corrected chi connectivity index (χ0v) is 14.6. The first-order valence-corrected chi connectivity index (χ1v) is 8.05. The van der Waals surface area contributed by atoms with E-state index in [0.717, 1.165) is 3.79 Å². The Hall–Kier alpha value is -0.830. The molecule has 0 bridgehead atoms. The molecule has 2 aromatic rings. The Labute approximate surface area is 140 Å². The van der Waals surface area contributed by atoms with Crippen LogP contribution in [0.5, 0.6) is 0 Å². The number of anilines is 1. The van der Waals surface area contributed by atoms with Gasteiger partial charge in [-0.2, -0.15) is 0 Å². The summed E-state index contributed by atoms with van der Waals surface area (Å²) >= 11 is 12.8. The minimum absolute atomic E-state index is 0.0290. The van der Waals surface area contributed by atoms with Gasteiger partial charge in [0.05, 0.1) is 24.4 Å². The van der Waals surface area contributed by atoms with E-state index in [1.54, 1.807) is 12.1 Å². The second-order valence-corrected chi connectivity index (χ2v) is 7.91. The summed E-state index contributed by atoms with van der Waals surface area (Å²) < 4.78 is 15.2. The number of nitrogens with two attached hydrogens (primary N) is 1. The Bertz CT molecular complexity index is 703. The van der Waals surface area contributed by atoms with Crippen LogP contribution in [-0.4, -0.2) is 10.9 Å². The van der Waals surface area contributed by atoms with Crippen molar-refractivity contribution in [1.82, 2.24) is 0 Å². The van der Waals surface area contributed by atoms with Crippen molar-refractivity contribution >= 4 is 72.0 Å². The van der Waals surface area contributed by atoms with Crippen LogP contribution >= 0.6 is 55.4 Å². The van der Waals surface area contributed by atoms with E-state index >= 15 is 0 Å². The summed E-state index contributed by atoms with van der Waals surface area (Å²) in [6.45, 7) is 0. The maximum Gasteiger partial charge on any atom is 0.257 e. The minimum atomic E-state index is -0.569. The van der Waals surface area contributed by atoms with E-state index in [1.165, 1.54) is 23.5 Å². The van der Waals surface area contributed by atoms with E-state index in [-0.39, 0.29) is 22.1 Å². The van der Waals surface area contributed by atoms with Crippen LogP contribution in [0.4, 0.5) is 10.1 Å². The maximum atomic E-state index is 13.7. The fourth-order valence-corrected chi connectivity index (χ4v) is 4.56. The van der Waals surface area contributed by atoms with Crippen molar-refractivity contribution in [3.63, 3.8) is 0 Å². The lowest BCUT2D eigenvalue weighted by atomic mass is 10.1. The lowest BCUT2D eigenvalue weighted by Crippen LogP contribution is -2.18. The lowest BCUT2D eigenvalue weighted by Gasteiger charge is -2.10. The summed E-state index contributed by atoms with van der Waals surface area (Å²) in [5, 5.41) is 2.61. The molecular weight excluding hydrogens is 431 g/mol. The zero-order valence-electron chi connectivity index (χ0n) is 9.75. The molecule has 0 atom stereocenters. The maximum absolute atomic E-state index is 13.7. The molecule has 0 saturated carbocycles. The van der Waals surface area contributed by atoms with Crippen LogP contribution in [-0.2, 0) is 0 Å². The Morgan fingerprint density at radius 2 is 2.10 bits per heavy atom. The second-order valence-electron chi connectivity index (χ2n) is 3.72. The van der Waals surface area contributed by atoms with E-state index in [0.29, 0.717) is 9.35 Å². The quantitative estimate of drug-likeness (QED) is 0.704. The number of carbonyl (C=O) groups is 1. The SMILES string of the molecule is NC(=S)c1c(F)cccc1NC(=O)c1cc(Br)sc1Br. The van der Waals surface area contributed by atoms with Crippen molar-refractivity contribution in [3.8, 4) is 0 Å². The van der Waals surface area contributed by atoms with Crippen LogP contribution in [0.25, 0.3) is 0 Å². The van der Waals surface area contributed by atoms with Crippen LogP contribution in [0.2, 0.25) is 0 Å². The predicted octanol–water partition coefficient (Wildman–Crippen LogP) is 4.30. The molecule has 0 spiro atoms. The van der Waals surface area contributed by atoms with Crippen molar-refractivity contribution in [2.24, 2.45) is 5.73 Å². The number of thiocarbonyl (C=S) groups is 1. The first-order chi connectivity index (χ1) is 9.40. The number of thiophene rings is 1. The van der Waals surface area contributed by atoms with Crippen LogP contribution in [0.1, 0.15) is 15.9 Å². The molecule has 3 N–H and O–H groups in total. The molecule has 20 heavy (non-hydrogen) atoms. The molecule has 3 nitrogen and oxygen atoms in total. The topological polar surface area (TPSA) is 55.1 Å². The number of hydrogen-bond acceptors (Lipinski definition) is 3. The smallest absolute Gasteiger partial charge is 0.257 e. The molecule has 0 aliphatic rings. The highest BCUT2D eigenvalue weighted by molar-refractivity contribution is 9.12. The normalized spacial score (nSPS) is 10.3. The average molecular weight is 438 g/mol. The minimum Gasteiger partial charge on any atom is -0.389 e. The molecule has 0 radical (unpaired) electrons. The molecule has 104 valence electrons. The Morgan fingerprint density at radius 3 is 2.65 bits per heavy atom. The first-order valence-electron chi connectivity index (χ1n) is 5.24. The van der Waals surface area contributed by atoms with Crippen molar-refractivity contribution in [2.75, 3.05) is 5.32 Å². The number of benzene rings is 1. The van der Waals surface area contributed by atoms with Crippen LogP contribution in [0.15, 0.2) is 31.8 Å². The van der Waals surface area contributed by atoms with Gasteiger partial charge in [-0.1, -0.05) is 18.3 Å². The van der Waals surface area contributed by atoms with Gasteiger partial charge >= 0.3 is 0 Å². The van der Waals surface area contributed by atoms with Crippen LogP contribution < -0.4 is 11.1 Å². The summed E-state index contributed by atoms with van der Waals surface area (Å²) in [5.74, 6) is -0.942. The van der Waals surface area contributed by atoms with E-state index in [2.05, 4.69) is 37.2 Å². The molecule has 0 aliphatic heterocycles. The number of amides is 1. The highest BCUT2D eigenvalue weighted by Gasteiger charge is 2.17. The van der Waals surface area contributed by atoms with E-state index in [9.17, 15) is 9.18 Å². The van der Waals surface area contributed by atoms with Gasteiger partial charge in [0.2, 0.25) is 0 Å². The zero-order chi connectivity index (χ0) is 14.9. The summed E-state index contributed by atoms with van der Waals surface area (Å²) in [7, 11) is 0. The van der Waals surface area contributed by atoms with Gasteiger partial charge in [-0.3, -0.25) is 4.79 Å². The fourth-order valence-electron chi connectivity index (χ4n) is 1.56. The molecule has 8 heteroatoms. The molecule has 0 fully saturated rings. The van der Waals surface area contributed by atoms with Gasteiger partial charge in [0.25, 0.3) is 5.91 Å². The van der Waals surface area contributed by atoms with E-state index in [1.807, 2.05) is 0 Å².